The van der Waals surface area contributed by atoms with Crippen LogP contribution in [0.5, 0.6) is 0 Å². The molecule has 0 aliphatic heterocycles. The molecule has 0 fully saturated rings. The molecule has 1 aromatic carbocycles. The van der Waals surface area contributed by atoms with Crippen LogP contribution in [-0.4, -0.2) is 15.6 Å². The third-order valence-corrected chi connectivity index (χ3v) is 4.13. The monoisotopic (exact) mass is 404 g/mol. The summed E-state index contributed by atoms with van der Waals surface area (Å²) in [5.74, 6) is -0.104. The predicted octanol–water partition coefficient (Wildman–Crippen LogP) is 4.70. The molecular weight excluding hydrogens is 395 g/mol. The highest BCUT2D eigenvalue weighted by Crippen LogP contribution is 2.26. The molecule has 0 aliphatic rings. The smallest absolute Gasteiger partial charge is 0.213 e. The Hall–Kier alpha value is -0.650. The largest absolute Gasteiger partial charge is 0.287 e. The second-order valence-electron chi connectivity index (χ2n) is 4.02. The first kappa shape index (κ1) is 14.8. The van der Waals surface area contributed by atoms with Crippen LogP contribution in [0.25, 0.3) is 0 Å². The molecular formula is C13H11Br2ClN2O. The zero-order valence-electron chi connectivity index (χ0n) is 10.2. The van der Waals surface area contributed by atoms with E-state index in [9.17, 15) is 4.79 Å². The van der Waals surface area contributed by atoms with Crippen LogP contribution in [0.2, 0.25) is 5.02 Å². The van der Waals surface area contributed by atoms with Crippen molar-refractivity contribution >= 4 is 49.2 Å². The molecule has 0 aliphatic carbocycles. The summed E-state index contributed by atoms with van der Waals surface area (Å²) in [6.45, 7) is 2.74. The third kappa shape index (κ3) is 3.09. The molecule has 2 rings (SSSR count). The van der Waals surface area contributed by atoms with E-state index in [1.807, 2.05) is 6.92 Å². The Morgan fingerprint density at radius 2 is 2.11 bits per heavy atom. The van der Waals surface area contributed by atoms with Gasteiger partial charge in [0.25, 0.3) is 0 Å². The number of hydrogen-bond donors (Lipinski definition) is 0. The van der Waals surface area contributed by atoms with Crippen LogP contribution < -0.4 is 0 Å². The molecule has 0 atom stereocenters. The number of ketones is 1. The second-order valence-corrected chi connectivity index (χ2v) is 6.16. The van der Waals surface area contributed by atoms with E-state index in [1.165, 1.54) is 0 Å². The summed E-state index contributed by atoms with van der Waals surface area (Å²) >= 11 is 12.7. The van der Waals surface area contributed by atoms with Gasteiger partial charge in [0.2, 0.25) is 5.78 Å². The number of aryl methyl sites for hydroxylation is 1. The van der Waals surface area contributed by atoms with Gasteiger partial charge >= 0.3 is 0 Å². The number of nitrogens with zero attached hydrogens (tertiary/aromatic N) is 2. The molecule has 0 bridgehead atoms. The summed E-state index contributed by atoms with van der Waals surface area (Å²) < 4.78 is 3.12. The van der Waals surface area contributed by atoms with Crippen molar-refractivity contribution in [3.63, 3.8) is 0 Å². The zero-order valence-corrected chi connectivity index (χ0v) is 14.1. The Bertz CT molecular complexity index is 625. The number of hydrogen-bond acceptors (Lipinski definition) is 2. The van der Waals surface area contributed by atoms with E-state index in [0.717, 1.165) is 10.9 Å². The lowest BCUT2D eigenvalue weighted by molar-refractivity contribution is 0.102. The normalized spacial score (nSPS) is 10.7. The van der Waals surface area contributed by atoms with Crippen molar-refractivity contribution in [3.8, 4) is 0 Å². The quantitative estimate of drug-likeness (QED) is 0.690. The average molecular weight is 407 g/mol. The van der Waals surface area contributed by atoms with Gasteiger partial charge in [-0.1, -0.05) is 34.5 Å². The lowest BCUT2D eigenvalue weighted by Crippen LogP contribution is -2.12. The van der Waals surface area contributed by atoms with Crippen LogP contribution in [0, 0.1) is 0 Å². The molecule has 1 heterocycles. The summed E-state index contributed by atoms with van der Waals surface area (Å²) in [6, 6.07) is 5.16. The van der Waals surface area contributed by atoms with Gasteiger partial charge in [-0.15, -0.1) is 0 Å². The van der Waals surface area contributed by atoms with E-state index in [-0.39, 0.29) is 5.78 Å². The van der Waals surface area contributed by atoms with Gasteiger partial charge in [0.1, 0.15) is 5.69 Å². The average Bonchev–Trinajstić information content (AvgIpc) is 2.73. The molecule has 1 aromatic heterocycles. The summed E-state index contributed by atoms with van der Waals surface area (Å²) in [4.78, 5) is 12.6. The molecule has 0 spiro atoms. The van der Waals surface area contributed by atoms with Crippen LogP contribution in [0.3, 0.4) is 0 Å². The minimum Gasteiger partial charge on any atom is -0.287 e. The summed E-state index contributed by atoms with van der Waals surface area (Å²) in [6.07, 6.45) is 2.55. The topological polar surface area (TPSA) is 34.9 Å². The van der Waals surface area contributed by atoms with E-state index < -0.39 is 0 Å². The maximum absolute atomic E-state index is 12.6. The highest BCUT2D eigenvalue weighted by atomic mass is 79.9. The number of carbonyl (C=O) groups excluding carboxylic acids is 1. The van der Waals surface area contributed by atoms with Crippen molar-refractivity contribution in [2.75, 3.05) is 0 Å². The van der Waals surface area contributed by atoms with Crippen molar-refractivity contribution < 1.29 is 4.79 Å². The predicted molar refractivity (Wildman–Crippen MR) is 82.8 cm³/mol. The van der Waals surface area contributed by atoms with Gasteiger partial charge in [-0.25, -0.2) is 0 Å². The van der Waals surface area contributed by atoms with Crippen molar-refractivity contribution in [2.45, 2.75) is 19.9 Å². The Morgan fingerprint density at radius 3 is 2.79 bits per heavy atom. The third-order valence-electron chi connectivity index (χ3n) is 2.62. The Balaban J connectivity index is 2.49. The summed E-state index contributed by atoms with van der Waals surface area (Å²) in [5.41, 5.74) is 1.08. The SMILES string of the molecule is CCCn1ncc(Br)c1C(=O)c1cc(Cl)ccc1Br. The minimum atomic E-state index is -0.104. The van der Waals surface area contributed by atoms with Crippen molar-refractivity contribution in [2.24, 2.45) is 0 Å². The molecule has 19 heavy (non-hydrogen) atoms. The molecule has 0 saturated carbocycles. The van der Waals surface area contributed by atoms with Gasteiger partial charge in [0.05, 0.1) is 10.7 Å². The standard InChI is InChI=1S/C13H11Br2ClN2O/c1-2-5-18-12(11(15)7-17-18)13(19)9-6-8(16)3-4-10(9)14/h3-4,6-7H,2,5H2,1H3. The maximum atomic E-state index is 12.6. The van der Waals surface area contributed by atoms with Crippen molar-refractivity contribution in [1.82, 2.24) is 9.78 Å². The second kappa shape index (κ2) is 6.20. The van der Waals surface area contributed by atoms with Gasteiger partial charge in [0, 0.05) is 21.6 Å². The van der Waals surface area contributed by atoms with E-state index in [4.69, 9.17) is 11.6 Å². The minimum absolute atomic E-state index is 0.104. The highest BCUT2D eigenvalue weighted by molar-refractivity contribution is 9.10. The Kier molecular flexibility index (Phi) is 4.81. The van der Waals surface area contributed by atoms with Crippen LogP contribution >= 0.6 is 43.5 Å². The molecule has 3 nitrogen and oxygen atoms in total. The molecule has 2 aromatic rings. The lowest BCUT2D eigenvalue weighted by atomic mass is 10.1. The molecule has 0 amide bonds. The fraction of sp³-hybridized carbons (Fsp3) is 0.231. The van der Waals surface area contributed by atoms with Crippen LogP contribution in [0.1, 0.15) is 29.4 Å². The van der Waals surface area contributed by atoms with Gasteiger partial charge in [-0.05, 0) is 40.5 Å². The van der Waals surface area contributed by atoms with Crippen LogP contribution in [0.15, 0.2) is 33.3 Å². The molecule has 0 unspecified atom stereocenters. The fourth-order valence-electron chi connectivity index (χ4n) is 1.77. The van der Waals surface area contributed by atoms with Crippen molar-refractivity contribution in [1.29, 1.82) is 0 Å². The van der Waals surface area contributed by atoms with Gasteiger partial charge < -0.3 is 0 Å². The van der Waals surface area contributed by atoms with Crippen molar-refractivity contribution in [3.05, 3.63) is 49.6 Å². The molecule has 0 saturated heterocycles. The molecule has 0 N–H and O–H groups in total. The number of benzene rings is 1. The molecule has 0 radical (unpaired) electrons. The number of halogens is 3. The number of carbonyl (C=O) groups is 1. The van der Waals surface area contributed by atoms with Gasteiger partial charge in [-0.3, -0.25) is 9.48 Å². The Labute approximate surface area is 133 Å². The van der Waals surface area contributed by atoms with E-state index >= 15 is 0 Å². The lowest BCUT2D eigenvalue weighted by Gasteiger charge is -2.08. The summed E-state index contributed by atoms with van der Waals surface area (Å²) in [5, 5.41) is 4.74. The first-order valence-corrected chi connectivity index (χ1v) is 7.72. The van der Waals surface area contributed by atoms with Crippen LogP contribution in [0.4, 0.5) is 0 Å². The number of aromatic nitrogens is 2. The zero-order chi connectivity index (χ0) is 14.0. The highest BCUT2D eigenvalue weighted by Gasteiger charge is 2.20. The first-order valence-electron chi connectivity index (χ1n) is 5.75. The Morgan fingerprint density at radius 1 is 1.37 bits per heavy atom. The van der Waals surface area contributed by atoms with Gasteiger partial charge in [-0.2, -0.15) is 5.10 Å². The summed E-state index contributed by atoms with van der Waals surface area (Å²) in [7, 11) is 0. The maximum Gasteiger partial charge on any atom is 0.213 e. The number of rotatable bonds is 4. The first-order chi connectivity index (χ1) is 9.04. The van der Waals surface area contributed by atoms with Gasteiger partial charge in [0.15, 0.2) is 0 Å². The molecule has 100 valence electrons. The van der Waals surface area contributed by atoms with E-state index in [1.54, 1.807) is 29.1 Å². The fourth-order valence-corrected chi connectivity index (χ4v) is 2.84. The molecule has 6 heteroatoms. The van der Waals surface area contributed by atoms with E-state index in [2.05, 4.69) is 37.0 Å². The van der Waals surface area contributed by atoms with Crippen LogP contribution in [-0.2, 0) is 6.54 Å². The van der Waals surface area contributed by atoms with E-state index in [0.29, 0.717) is 27.3 Å².